The fourth-order valence-corrected chi connectivity index (χ4v) is 3.89. The lowest BCUT2D eigenvalue weighted by molar-refractivity contribution is 0.0733. The lowest BCUT2D eigenvalue weighted by Crippen LogP contribution is -2.43. The Hall–Kier alpha value is -1.55. The van der Waals surface area contributed by atoms with Crippen LogP contribution in [0.25, 0.3) is 0 Å². The van der Waals surface area contributed by atoms with E-state index in [2.05, 4.69) is 10.0 Å². The monoisotopic (exact) mass is 360 g/mol. The molecule has 23 heavy (non-hydrogen) atoms. The standard InChI is InChI=1S/C13H17ClN4O4S/c14-11-2-1-10(18-4-3-15-13(18)19)9-12(11)16-23(20,21)17-5-7-22-8-6-17/h1-2,9,16H,3-8H2,(H,15,19). The number of rotatable bonds is 4. The van der Waals surface area contributed by atoms with E-state index in [9.17, 15) is 13.2 Å². The normalized spacial score (nSPS) is 19.7. The van der Waals surface area contributed by atoms with Crippen LogP contribution in [0.4, 0.5) is 16.2 Å². The second-order valence-electron chi connectivity index (χ2n) is 5.17. The van der Waals surface area contributed by atoms with E-state index in [-0.39, 0.29) is 16.7 Å². The topological polar surface area (TPSA) is 91.0 Å². The van der Waals surface area contributed by atoms with Crippen LogP contribution < -0.4 is 14.9 Å². The van der Waals surface area contributed by atoms with Gasteiger partial charge in [-0.1, -0.05) is 11.6 Å². The van der Waals surface area contributed by atoms with Gasteiger partial charge in [0.15, 0.2) is 0 Å². The summed E-state index contributed by atoms with van der Waals surface area (Å²) in [6.07, 6.45) is 0. The molecule has 126 valence electrons. The summed E-state index contributed by atoms with van der Waals surface area (Å²) in [6, 6.07) is 4.60. The molecule has 2 aliphatic rings. The number of hydrogen-bond donors (Lipinski definition) is 2. The van der Waals surface area contributed by atoms with Gasteiger partial charge in [0.25, 0.3) is 0 Å². The van der Waals surface area contributed by atoms with Gasteiger partial charge in [-0.25, -0.2) is 4.79 Å². The van der Waals surface area contributed by atoms with Crippen molar-refractivity contribution in [3.63, 3.8) is 0 Å². The number of nitrogens with zero attached hydrogens (tertiary/aromatic N) is 2. The van der Waals surface area contributed by atoms with Crippen molar-refractivity contribution >= 4 is 39.2 Å². The van der Waals surface area contributed by atoms with Crippen LogP contribution >= 0.6 is 11.6 Å². The molecule has 8 nitrogen and oxygen atoms in total. The number of hydrogen-bond acceptors (Lipinski definition) is 4. The molecule has 2 fully saturated rings. The summed E-state index contributed by atoms with van der Waals surface area (Å²) < 4.78 is 33.8. The molecule has 1 aromatic carbocycles. The first kappa shape index (κ1) is 16.3. The van der Waals surface area contributed by atoms with Crippen molar-refractivity contribution in [2.45, 2.75) is 0 Å². The lowest BCUT2D eigenvalue weighted by atomic mass is 10.2. The highest BCUT2D eigenvalue weighted by atomic mass is 35.5. The molecule has 2 saturated heterocycles. The van der Waals surface area contributed by atoms with Crippen LogP contribution in [0.15, 0.2) is 18.2 Å². The summed E-state index contributed by atoms with van der Waals surface area (Å²) in [4.78, 5) is 13.3. The van der Waals surface area contributed by atoms with Gasteiger partial charge in [-0.3, -0.25) is 9.62 Å². The zero-order chi connectivity index (χ0) is 16.4. The highest BCUT2D eigenvalue weighted by Crippen LogP contribution is 2.29. The van der Waals surface area contributed by atoms with Crippen molar-refractivity contribution in [1.29, 1.82) is 0 Å². The summed E-state index contributed by atoms with van der Waals surface area (Å²) in [7, 11) is -3.71. The third-order valence-electron chi connectivity index (χ3n) is 3.67. The van der Waals surface area contributed by atoms with Crippen LogP contribution in [-0.2, 0) is 14.9 Å². The van der Waals surface area contributed by atoms with Crippen LogP contribution in [0.2, 0.25) is 5.02 Å². The van der Waals surface area contributed by atoms with Gasteiger partial charge in [0.05, 0.1) is 23.9 Å². The first-order valence-electron chi connectivity index (χ1n) is 7.18. The second kappa shape index (κ2) is 6.52. The van der Waals surface area contributed by atoms with Crippen LogP contribution in [-0.4, -0.2) is 58.1 Å². The summed E-state index contributed by atoms with van der Waals surface area (Å²) in [5, 5.41) is 2.96. The predicted octanol–water partition coefficient (Wildman–Crippen LogP) is 0.858. The number of ether oxygens (including phenoxy) is 1. The van der Waals surface area contributed by atoms with Crippen molar-refractivity contribution in [2.75, 3.05) is 49.0 Å². The summed E-state index contributed by atoms with van der Waals surface area (Å²) in [6.45, 7) is 2.39. The van der Waals surface area contributed by atoms with E-state index in [4.69, 9.17) is 16.3 Å². The number of anilines is 2. The van der Waals surface area contributed by atoms with Crippen LogP contribution in [0.1, 0.15) is 0 Å². The van der Waals surface area contributed by atoms with E-state index in [1.807, 2.05) is 0 Å². The van der Waals surface area contributed by atoms with Crippen LogP contribution in [0.3, 0.4) is 0 Å². The fraction of sp³-hybridized carbons (Fsp3) is 0.462. The van der Waals surface area contributed by atoms with Crippen LogP contribution in [0.5, 0.6) is 0 Å². The Labute approximate surface area is 139 Å². The molecule has 0 radical (unpaired) electrons. The smallest absolute Gasteiger partial charge is 0.321 e. The molecule has 2 aliphatic heterocycles. The van der Waals surface area contributed by atoms with Gasteiger partial charge in [-0.05, 0) is 18.2 Å². The van der Waals surface area contributed by atoms with Gasteiger partial charge in [-0.15, -0.1) is 0 Å². The first-order chi connectivity index (χ1) is 11.0. The number of amides is 2. The van der Waals surface area contributed by atoms with Gasteiger partial charge < -0.3 is 10.1 Å². The Morgan fingerprint density at radius 2 is 1.96 bits per heavy atom. The minimum Gasteiger partial charge on any atom is -0.379 e. The first-order valence-corrected chi connectivity index (χ1v) is 9.00. The van der Waals surface area contributed by atoms with Crippen molar-refractivity contribution in [2.24, 2.45) is 0 Å². The van der Waals surface area contributed by atoms with E-state index < -0.39 is 10.2 Å². The number of carbonyl (C=O) groups is 1. The summed E-state index contributed by atoms with van der Waals surface area (Å²) in [5.41, 5.74) is 0.833. The number of urea groups is 1. The van der Waals surface area contributed by atoms with Crippen molar-refractivity contribution < 1.29 is 17.9 Å². The SMILES string of the molecule is O=C1NCCN1c1ccc(Cl)c(NS(=O)(=O)N2CCOCC2)c1. The molecule has 2 N–H and O–H groups in total. The Morgan fingerprint density at radius 1 is 1.22 bits per heavy atom. The summed E-state index contributed by atoms with van der Waals surface area (Å²) >= 11 is 6.10. The van der Waals surface area contributed by atoms with E-state index >= 15 is 0 Å². The van der Waals surface area contributed by atoms with Crippen molar-refractivity contribution in [3.8, 4) is 0 Å². The minimum atomic E-state index is -3.71. The quantitative estimate of drug-likeness (QED) is 0.833. The molecule has 2 amide bonds. The number of benzene rings is 1. The van der Waals surface area contributed by atoms with Gasteiger partial charge in [0, 0.05) is 31.9 Å². The molecule has 0 bridgehead atoms. The van der Waals surface area contributed by atoms with E-state index in [1.165, 1.54) is 9.21 Å². The Kier molecular flexibility index (Phi) is 4.62. The molecule has 3 rings (SSSR count). The zero-order valence-corrected chi connectivity index (χ0v) is 13.9. The highest BCUT2D eigenvalue weighted by molar-refractivity contribution is 7.90. The molecule has 0 unspecified atom stereocenters. The highest BCUT2D eigenvalue weighted by Gasteiger charge is 2.26. The Bertz CT molecular complexity index is 706. The van der Waals surface area contributed by atoms with Crippen LogP contribution in [0, 0.1) is 0 Å². The molecule has 10 heteroatoms. The second-order valence-corrected chi connectivity index (χ2v) is 7.24. The van der Waals surface area contributed by atoms with Gasteiger partial charge in [0.1, 0.15) is 0 Å². The fourth-order valence-electron chi connectivity index (χ4n) is 2.47. The van der Waals surface area contributed by atoms with E-state index in [1.54, 1.807) is 18.2 Å². The number of nitrogens with one attached hydrogen (secondary N) is 2. The predicted molar refractivity (Wildman–Crippen MR) is 87.1 cm³/mol. The maximum absolute atomic E-state index is 12.4. The molecular formula is C13H17ClN4O4S. The lowest BCUT2D eigenvalue weighted by Gasteiger charge is -2.26. The van der Waals surface area contributed by atoms with Crippen molar-refractivity contribution in [1.82, 2.24) is 9.62 Å². The largest absolute Gasteiger partial charge is 0.379 e. The number of morpholine rings is 1. The maximum atomic E-state index is 12.4. The molecule has 0 saturated carbocycles. The van der Waals surface area contributed by atoms with Gasteiger partial charge in [-0.2, -0.15) is 12.7 Å². The van der Waals surface area contributed by atoms with E-state index in [0.29, 0.717) is 45.1 Å². The molecular weight excluding hydrogens is 344 g/mol. The van der Waals surface area contributed by atoms with Crippen molar-refractivity contribution in [3.05, 3.63) is 23.2 Å². The Morgan fingerprint density at radius 3 is 2.61 bits per heavy atom. The van der Waals surface area contributed by atoms with E-state index in [0.717, 1.165) is 0 Å². The number of halogens is 1. The maximum Gasteiger partial charge on any atom is 0.321 e. The average molecular weight is 361 g/mol. The number of carbonyl (C=O) groups excluding carboxylic acids is 1. The Balaban J connectivity index is 1.83. The van der Waals surface area contributed by atoms with Gasteiger partial charge in [0.2, 0.25) is 0 Å². The molecule has 0 atom stereocenters. The molecule has 0 aliphatic carbocycles. The van der Waals surface area contributed by atoms with Gasteiger partial charge >= 0.3 is 16.2 Å². The average Bonchev–Trinajstić information content (AvgIpc) is 2.96. The molecule has 1 aromatic rings. The molecule has 0 spiro atoms. The third-order valence-corrected chi connectivity index (χ3v) is 5.52. The minimum absolute atomic E-state index is 0.214. The third kappa shape index (κ3) is 3.52. The zero-order valence-electron chi connectivity index (χ0n) is 12.3. The summed E-state index contributed by atoms with van der Waals surface area (Å²) in [5.74, 6) is 0. The molecule has 2 heterocycles. The molecule has 0 aromatic heterocycles.